The third-order valence-corrected chi connectivity index (χ3v) is 5.11. The number of carbonyl (C=O) groups excluding carboxylic acids is 3. The Bertz CT molecular complexity index is 731. The van der Waals surface area contributed by atoms with Gasteiger partial charge in [0.15, 0.2) is 0 Å². The zero-order chi connectivity index (χ0) is 20.3. The fourth-order valence-electron chi connectivity index (χ4n) is 3.67. The van der Waals surface area contributed by atoms with Gasteiger partial charge in [-0.05, 0) is 25.0 Å². The van der Waals surface area contributed by atoms with Crippen LogP contribution < -0.4 is 5.32 Å². The second kappa shape index (κ2) is 8.20. The van der Waals surface area contributed by atoms with Gasteiger partial charge in [-0.1, -0.05) is 18.2 Å². The van der Waals surface area contributed by atoms with Crippen molar-refractivity contribution in [3.05, 3.63) is 35.9 Å². The number of nitrogens with zero attached hydrogens (tertiary/aromatic N) is 2. The van der Waals surface area contributed by atoms with Crippen molar-refractivity contribution in [2.75, 3.05) is 26.2 Å². The van der Waals surface area contributed by atoms with Gasteiger partial charge >= 0.3 is 6.18 Å². The van der Waals surface area contributed by atoms with Gasteiger partial charge in [0.05, 0.1) is 5.92 Å². The highest BCUT2D eigenvalue weighted by atomic mass is 19.4. The summed E-state index contributed by atoms with van der Waals surface area (Å²) < 4.78 is 37.5. The summed E-state index contributed by atoms with van der Waals surface area (Å²) in [6.07, 6.45) is -3.52. The van der Waals surface area contributed by atoms with Crippen molar-refractivity contribution in [2.45, 2.75) is 31.5 Å². The molecule has 2 fully saturated rings. The fourth-order valence-corrected chi connectivity index (χ4v) is 3.67. The van der Waals surface area contributed by atoms with Crippen LogP contribution in [0, 0.1) is 5.92 Å². The summed E-state index contributed by atoms with van der Waals surface area (Å²) in [7, 11) is 0. The number of hydrogen-bond acceptors (Lipinski definition) is 3. The molecule has 0 spiro atoms. The second-order valence-corrected chi connectivity index (χ2v) is 7.23. The van der Waals surface area contributed by atoms with Crippen molar-refractivity contribution in [3.8, 4) is 0 Å². The Morgan fingerprint density at radius 2 is 1.75 bits per heavy atom. The third kappa shape index (κ3) is 5.02. The molecule has 2 saturated heterocycles. The van der Waals surface area contributed by atoms with Crippen LogP contribution in [0.15, 0.2) is 30.3 Å². The summed E-state index contributed by atoms with van der Waals surface area (Å²) in [4.78, 5) is 38.8. The standard InChI is InChI=1S/C19H22F3N3O3/c20-19(21,22)12-25-11-14(10-16(25)26)18(28)24-8-6-15(7-9-24)23-17(27)13-4-2-1-3-5-13/h1-5,14-15H,6-12H2,(H,23,27). The minimum absolute atomic E-state index is 0.0660. The monoisotopic (exact) mass is 397 g/mol. The van der Waals surface area contributed by atoms with E-state index in [9.17, 15) is 27.6 Å². The van der Waals surface area contributed by atoms with Crippen LogP contribution in [0.5, 0.6) is 0 Å². The fraction of sp³-hybridized carbons (Fsp3) is 0.526. The number of amides is 3. The molecule has 0 aromatic heterocycles. The molecule has 1 aromatic carbocycles. The minimum atomic E-state index is -4.47. The zero-order valence-electron chi connectivity index (χ0n) is 15.2. The number of hydrogen-bond donors (Lipinski definition) is 1. The molecular formula is C19H22F3N3O3. The molecular weight excluding hydrogens is 375 g/mol. The Kier molecular flexibility index (Phi) is 5.90. The zero-order valence-corrected chi connectivity index (χ0v) is 15.2. The maximum Gasteiger partial charge on any atom is 0.406 e. The van der Waals surface area contributed by atoms with E-state index in [0.717, 1.165) is 0 Å². The first kappa shape index (κ1) is 20.2. The smallest absolute Gasteiger partial charge is 0.349 e. The Morgan fingerprint density at radius 3 is 2.36 bits per heavy atom. The third-order valence-electron chi connectivity index (χ3n) is 5.11. The Balaban J connectivity index is 1.48. The van der Waals surface area contributed by atoms with Crippen LogP contribution in [0.4, 0.5) is 13.2 Å². The number of benzene rings is 1. The molecule has 9 heteroatoms. The Labute approximate surface area is 160 Å². The van der Waals surface area contributed by atoms with Crippen LogP contribution in [0.2, 0.25) is 0 Å². The molecule has 0 aliphatic carbocycles. The molecule has 6 nitrogen and oxygen atoms in total. The maximum absolute atomic E-state index is 12.6. The summed E-state index contributed by atoms with van der Waals surface area (Å²) >= 11 is 0. The first-order valence-corrected chi connectivity index (χ1v) is 9.22. The normalized spacial score (nSPS) is 21.1. The number of rotatable bonds is 4. The van der Waals surface area contributed by atoms with Crippen LogP contribution in [0.25, 0.3) is 0 Å². The highest BCUT2D eigenvalue weighted by Crippen LogP contribution is 2.26. The van der Waals surface area contributed by atoms with Crippen LogP contribution in [0.1, 0.15) is 29.6 Å². The Morgan fingerprint density at radius 1 is 1.11 bits per heavy atom. The molecule has 1 N–H and O–H groups in total. The molecule has 2 aliphatic heterocycles. The molecule has 0 bridgehead atoms. The first-order chi connectivity index (χ1) is 13.2. The lowest BCUT2D eigenvalue weighted by Crippen LogP contribution is -2.48. The van der Waals surface area contributed by atoms with Crippen LogP contribution >= 0.6 is 0 Å². The average Bonchev–Trinajstić information content (AvgIpc) is 3.01. The van der Waals surface area contributed by atoms with Gasteiger partial charge in [0.25, 0.3) is 5.91 Å². The number of piperidine rings is 1. The predicted octanol–water partition coefficient (Wildman–Crippen LogP) is 1.82. The van der Waals surface area contributed by atoms with E-state index >= 15 is 0 Å². The van der Waals surface area contributed by atoms with E-state index in [1.165, 1.54) is 0 Å². The molecule has 28 heavy (non-hydrogen) atoms. The van der Waals surface area contributed by atoms with Crippen LogP contribution in [0.3, 0.4) is 0 Å². The lowest BCUT2D eigenvalue weighted by molar-refractivity contribution is -0.157. The van der Waals surface area contributed by atoms with E-state index in [-0.39, 0.29) is 30.8 Å². The van der Waals surface area contributed by atoms with Gasteiger partial charge in [0.1, 0.15) is 6.54 Å². The lowest BCUT2D eigenvalue weighted by Gasteiger charge is -2.33. The van der Waals surface area contributed by atoms with E-state index in [2.05, 4.69) is 5.32 Å². The molecule has 1 atom stereocenters. The van der Waals surface area contributed by atoms with E-state index in [0.29, 0.717) is 36.4 Å². The maximum atomic E-state index is 12.6. The predicted molar refractivity (Wildman–Crippen MR) is 94.3 cm³/mol. The number of nitrogens with one attached hydrogen (secondary N) is 1. The molecule has 0 saturated carbocycles. The second-order valence-electron chi connectivity index (χ2n) is 7.23. The van der Waals surface area contributed by atoms with E-state index in [1.807, 2.05) is 6.07 Å². The topological polar surface area (TPSA) is 69.7 Å². The van der Waals surface area contributed by atoms with Gasteiger partial charge in [-0.3, -0.25) is 14.4 Å². The number of carbonyl (C=O) groups is 3. The molecule has 2 heterocycles. The molecule has 3 amide bonds. The number of likely N-dealkylation sites (tertiary alicyclic amines) is 2. The van der Waals surface area contributed by atoms with Gasteiger partial charge in [-0.15, -0.1) is 0 Å². The largest absolute Gasteiger partial charge is 0.406 e. The molecule has 1 aromatic rings. The summed E-state index contributed by atoms with van der Waals surface area (Å²) in [6.45, 7) is -0.698. The molecule has 152 valence electrons. The van der Waals surface area contributed by atoms with Crippen molar-refractivity contribution < 1.29 is 27.6 Å². The average molecular weight is 397 g/mol. The van der Waals surface area contributed by atoms with E-state index in [4.69, 9.17) is 0 Å². The highest BCUT2D eigenvalue weighted by Gasteiger charge is 2.42. The van der Waals surface area contributed by atoms with E-state index < -0.39 is 24.5 Å². The Hall–Kier alpha value is -2.58. The number of halogens is 3. The van der Waals surface area contributed by atoms with Crippen molar-refractivity contribution in [1.82, 2.24) is 15.1 Å². The summed E-state index contributed by atoms with van der Waals surface area (Å²) in [5.41, 5.74) is 0.565. The first-order valence-electron chi connectivity index (χ1n) is 9.22. The van der Waals surface area contributed by atoms with Gasteiger partial charge in [0.2, 0.25) is 11.8 Å². The van der Waals surface area contributed by atoms with Gasteiger partial charge in [-0.25, -0.2) is 0 Å². The van der Waals surface area contributed by atoms with E-state index in [1.54, 1.807) is 29.2 Å². The molecule has 2 aliphatic rings. The van der Waals surface area contributed by atoms with Crippen LogP contribution in [-0.4, -0.2) is 65.9 Å². The van der Waals surface area contributed by atoms with Crippen molar-refractivity contribution in [1.29, 1.82) is 0 Å². The van der Waals surface area contributed by atoms with Gasteiger partial charge in [0, 0.05) is 37.7 Å². The quantitative estimate of drug-likeness (QED) is 0.843. The van der Waals surface area contributed by atoms with Crippen LogP contribution in [-0.2, 0) is 9.59 Å². The SMILES string of the molecule is O=C(NC1CCN(C(=O)C2CC(=O)N(CC(F)(F)F)C2)CC1)c1ccccc1. The number of alkyl halides is 3. The summed E-state index contributed by atoms with van der Waals surface area (Å²) in [5, 5.41) is 2.94. The summed E-state index contributed by atoms with van der Waals surface area (Å²) in [5.74, 6) is -1.83. The van der Waals surface area contributed by atoms with Gasteiger partial charge in [-0.2, -0.15) is 13.2 Å². The van der Waals surface area contributed by atoms with Gasteiger partial charge < -0.3 is 15.1 Å². The highest BCUT2D eigenvalue weighted by molar-refractivity contribution is 5.94. The summed E-state index contributed by atoms with van der Waals surface area (Å²) in [6, 6.07) is 8.76. The minimum Gasteiger partial charge on any atom is -0.349 e. The van der Waals surface area contributed by atoms with Crippen molar-refractivity contribution in [2.24, 2.45) is 5.92 Å². The molecule has 1 unspecified atom stereocenters. The lowest BCUT2D eigenvalue weighted by atomic mass is 10.0. The van der Waals surface area contributed by atoms with Crippen molar-refractivity contribution in [3.63, 3.8) is 0 Å². The molecule has 0 radical (unpaired) electrons. The molecule has 3 rings (SSSR count). The van der Waals surface area contributed by atoms with Crippen molar-refractivity contribution >= 4 is 17.7 Å².